The number of nitrogens with one attached hydrogen (secondary N) is 2. The van der Waals surface area contributed by atoms with Crippen molar-refractivity contribution in [2.45, 2.75) is 45.3 Å². The van der Waals surface area contributed by atoms with Crippen LogP contribution >= 0.6 is 11.8 Å². The van der Waals surface area contributed by atoms with Crippen molar-refractivity contribution in [2.24, 2.45) is 5.92 Å². The van der Waals surface area contributed by atoms with Gasteiger partial charge in [-0.25, -0.2) is 9.78 Å². The highest BCUT2D eigenvalue weighted by atomic mass is 32.2. The zero-order chi connectivity index (χ0) is 19.8. The van der Waals surface area contributed by atoms with Crippen LogP contribution in [0.1, 0.15) is 33.6 Å². The van der Waals surface area contributed by atoms with E-state index in [2.05, 4.69) is 22.5 Å². The summed E-state index contributed by atoms with van der Waals surface area (Å²) >= 11 is 1.16. The number of thioether (sulfide) groups is 1. The fourth-order valence-electron chi connectivity index (χ4n) is 2.41. The number of amides is 3. The third-order valence-corrected chi connectivity index (χ3v) is 4.79. The molecule has 0 saturated heterocycles. The summed E-state index contributed by atoms with van der Waals surface area (Å²) in [4.78, 5) is 41.0. The first-order valence-electron chi connectivity index (χ1n) is 9.12. The van der Waals surface area contributed by atoms with Gasteiger partial charge in [-0.1, -0.05) is 51.1 Å². The molecule has 1 aromatic heterocycles. The highest BCUT2D eigenvalue weighted by Gasteiger charge is 2.14. The van der Waals surface area contributed by atoms with E-state index in [0.717, 1.165) is 24.6 Å². The van der Waals surface area contributed by atoms with Gasteiger partial charge in [-0.2, -0.15) is 0 Å². The molecule has 2 N–H and O–H groups in total. The molecule has 0 bridgehead atoms. The van der Waals surface area contributed by atoms with Crippen molar-refractivity contribution in [3.8, 4) is 0 Å². The van der Waals surface area contributed by atoms with E-state index in [1.54, 1.807) is 16.7 Å². The maximum atomic E-state index is 12.8. The molecule has 0 radical (unpaired) electrons. The van der Waals surface area contributed by atoms with Crippen LogP contribution in [0.3, 0.4) is 0 Å². The van der Waals surface area contributed by atoms with Crippen LogP contribution in [0.4, 0.5) is 4.79 Å². The summed E-state index contributed by atoms with van der Waals surface area (Å²) in [5.41, 5.74) is 0.500. The van der Waals surface area contributed by atoms with Crippen molar-refractivity contribution < 1.29 is 9.59 Å². The van der Waals surface area contributed by atoms with Crippen molar-refractivity contribution >= 4 is 34.6 Å². The topological polar surface area (TPSA) is 93.1 Å². The molecule has 0 unspecified atom stereocenters. The van der Waals surface area contributed by atoms with Gasteiger partial charge in [0.15, 0.2) is 5.16 Å². The molecule has 0 atom stereocenters. The minimum absolute atomic E-state index is 0.00596. The Bertz CT molecular complexity index is 864. The Morgan fingerprint density at radius 1 is 1.26 bits per heavy atom. The summed E-state index contributed by atoms with van der Waals surface area (Å²) in [6, 6.07) is 6.67. The highest BCUT2D eigenvalue weighted by molar-refractivity contribution is 7.99. The number of carbonyl (C=O) groups is 2. The van der Waals surface area contributed by atoms with Crippen molar-refractivity contribution in [3.63, 3.8) is 0 Å². The normalized spacial score (nSPS) is 11.0. The van der Waals surface area contributed by atoms with E-state index in [0.29, 0.717) is 35.1 Å². The molecule has 0 aliphatic carbocycles. The monoisotopic (exact) mass is 390 g/mol. The van der Waals surface area contributed by atoms with Crippen molar-refractivity contribution in [1.29, 1.82) is 0 Å². The van der Waals surface area contributed by atoms with Gasteiger partial charge in [0, 0.05) is 13.1 Å². The van der Waals surface area contributed by atoms with Gasteiger partial charge in [-0.05, 0) is 24.5 Å². The Kier molecular flexibility index (Phi) is 7.84. The summed E-state index contributed by atoms with van der Waals surface area (Å²) in [6.45, 7) is 7.04. The summed E-state index contributed by atoms with van der Waals surface area (Å²) < 4.78 is 1.61. The van der Waals surface area contributed by atoms with Gasteiger partial charge < -0.3 is 5.32 Å². The smallest absolute Gasteiger partial charge is 0.321 e. The zero-order valence-corrected chi connectivity index (χ0v) is 16.8. The van der Waals surface area contributed by atoms with E-state index in [9.17, 15) is 14.4 Å². The molecule has 27 heavy (non-hydrogen) atoms. The zero-order valence-electron chi connectivity index (χ0n) is 15.9. The molecule has 146 valence electrons. The highest BCUT2D eigenvalue weighted by Crippen LogP contribution is 2.18. The molecule has 0 aliphatic heterocycles. The average Bonchev–Trinajstić information content (AvgIpc) is 2.64. The molecule has 1 aromatic carbocycles. The lowest BCUT2D eigenvalue weighted by Crippen LogP contribution is -2.41. The minimum Gasteiger partial charge on any atom is -0.338 e. The lowest BCUT2D eigenvalue weighted by atomic mass is 10.2. The van der Waals surface area contributed by atoms with Crippen LogP contribution in [-0.4, -0.2) is 33.8 Å². The fraction of sp³-hybridized carbons (Fsp3) is 0.474. The molecular weight excluding hydrogens is 364 g/mol. The van der Waals surface area contributed by atoms with E-state index >= 15 is 0 Å². The summed E-state index contributed by atoms with van der Waals surface area (Å²) in [6.07, 6.45) is 1.79. The Balaban J connectivity index is 2.11. The van der Waals surface area contributed by atoms with E-state index in [1.807, 2.05) is 26.0 Å². The average molecular weight is 391 g/mol. The number of fused-ring (bicyclic) bond motifs is 1. The molecular formula is C19H26N4O3S. The predicted molar refractivity (Wildman–Crippen MR) is 108 cm³/mol. The van der Waals surface area contributed by atoms with Crippen LogP contribution in [-0.2, 0) is 11.3 Å². The van der Waals surface area contributed by atoms with Gasteiger partial charge in [-0.3, -0.25) is 19.5 Å². The molecule has 0 aliphatic rings. The van der Waals surface area contributed by atoms with Crippen LogP contribution in [0.5, 0.6) is 0 Å². The minimum atomic E-state index is -0.510. The molecule has 8 heteroatoms. The van der Waals surface area contributed by atoms with Crippen molar-refractivity contribution in [1.82, 2.24) is 20.2 Å². The number of carbonyl (C=O) groups excluding carboxylic acids is 2. The van der Waals surface area contributed by atoms with E-state index < -0.39 is 11.9 Å². The van der Waals surface area contributed by atoms with Gasteiger partial charge in [0.25, 0.3) is 5.56 Å². The second-order valence-corrected chi connectivity index (χ2v) is 7.61. The maximum Gasteiger partial charge on any atom is 0.321 e. The number of aromatic nitrogens is 2. The second kappa shape index (κ2) is 10.1. The van der Waals surface area contributed by atoms with E-state index in [1.165, 1.54) is 0 Å². The van der Waals surface area contributed by atoms with Crippen molar-refractivity contribution in [2.75, 3.05) is 12.3 Å². The molecule has 7 nitrogen and oxygen atoms in total. The van der Waals surface area contributed by atoms with Crippen LogP contribution in [0.25, 0.3) is 10.9 Å². The lowest BCUT2D eigenvalue weighted by Gasteiger charge is -2.13. The fourth-order valence-corrected chi connectivity index (χ4v) is 3.23. The lowest BCUT2D eigenvalue weighted by molar-refractivity contribution is -0.117. The number of benzene rings is 1. The molecule has 3 amide bonds. The van der Waals surface area contributed by atoms with Crippen LogP contribution in [0.2, 0.25) is 0 Å². The number of nitrogens with zero attached hydrogens (tertiary/aromatic N) is 2. The molecule has 1 heterocycles. The predicted octanol–water partition coefficient (Wildman–Crippen LogP) is 2.77. The number of hydrogen-bond donors (Lipinski definition) is 2. The number of rotatable bonds is 8. The van der Waals surface area contributed by atoms with E-state index in [4.69, 9.17) is 0 Å². The second-order valence-electron chi connectivity index (χ2n) is 6.66. The molecule has 0 spiro atoms. The number of urea groups is 1. The third kappa shape index (κ3) is 6.09. The standard InChI is InChI=1S/C19H26N4O3S/c1-4-5-10-23-17(25)14-8-6-7-9-15(14)21-19(23)27-12-16(24)22-18(26)20-11-13(2)3/h6-9,13H,4-5,10-12H2,1-3H3,(H2,20,22,24,26). The third-order valence-electron chi connectivity index (χ3n) is 3.82. The quantitative estimate of drug-likeness (QED) is 0.534. The van der Waals surface area contributed by atoms with Crippen molar-refractivity contribution in [3.05, 3.63) is 34.6 Å². The summed E-state index contributed by atoms with van der Waals surface area (Å²) in [7, 11) is 0. The van der Waals surface area contributed by atoms with Gasteiger partial charge in [-0.15, -0.1) is 0 Å². The SMILES string of the molecule is CCCCn1c(SCC(=O)NC(=O)NCC(C)C)nc2ccccc2c1=O. The number of hydrogen-bond acceptors (Lipinski definition) is 5. The van der Waals surface area contributed by atoms with Crippen LogP contribution < -0.4 is 16.2 Å². The van der Waals surface area contributed by atoms with Crippen LogP contribution in [0.15, 0.2) is 34.2 Å². The Hall–Kier alpha value is -2.35. The van der Waals surface area contributed by atoms with E-state index in [-0.39, 0.29) is 11.3 Å². The Morgan fingerprint density at radius 3 is 2.70 bits per heavy atom. The first kappa shape index (κ1) is 21.0. The van der Waals surface area contributed by atoms with Gasteiger partial charge in [0.05, 0.1) is 16.7 Å². The van der Waals surface area contributed by atoms with Gasteiger partial charge in [0.1, 0.15) is 0 Å². The number of para-hydroxylation sites is 1. The number of imide groups is 1. The van der Waals surface area contributed by atoms with Crippen LogP contribution in [0, 0.1) is 5.92 Å². The molecule has 0 saturated carbocycles. The first-order chi connectivity index (χ1) is 12.9. The molecule has 2 aromatic rings. The molecule has 2 rings (SSSR count). The summed E-state index contributed by atoms with van der Waals surface area (Å²) in [5.74, 6) is -0.118. The first-order valence-corrected chi connectivity index (χ1v) is 10.1. The summed E-state index contributed by atoms with van der Waals surface area (Å²) in [5, 5.41) is 5.98. The maximum absolute atomic E-state index is 12.8. The number of unbranched alkanes of at least 4 members (excludes halogenated alkanes) is 1. The largest absolute Gasteiger partial charge is 0.338 e. The Labute approximate surface area is 162 Å². The Morgan fingerprint density at radius 2 is 2.00 bits per heavy atom. The molecule has 0 fully saturated rings. The van der Waals surface area contributed by atoms with Gasteiger partial charge >= 0.3 is 6.03 Å². The van der Waals surface area contributed by atoms with Gasteiger partial charge in [0.2, 0.25) is 5.91 Å².